The van der Waals surface area contributed by atoms with Crippen LogP contribution in [0.4, 0.5) is 0 Å². The van der Waals surface area contributed by atoms with Crippen LogP contribution in [0.1, 0.15) is 28.1 Å². The van der Waals surface area contributed by atoms with Gasteiger partial charge in [-0.2, -0.15) is 10.0 Å². The zero-order valence-electron chi connectivity index (χ0n) is 17.7. The second-order valence-corrected chi connectivity index (χ2v) is 10.7. The number of rotatable bonds is 2. The Morgan fingerprint density at radius 3 is 2.39 bits per heavy atom. The first-order chi connectivity index (χ1) is 14.5. The van der Waals surface area contributed by atoms with E-state index in [9.17, 15) is 13.2 Å². The van der Waals surface area contributed by atoms with E-state index < -0.39 is 15.7 Å². The van der Waals surface area contributed by atoms with Crippen molar-refractivity contribution in [2.45, 2.75) is 27.7 Å². The SMILES string of the molecule is Cc1cccc(C)c1-n1c(C)cc(/C=C2\C(=N)N3N=C(S(C)(=O)=O)SC3=NC2=O)c1C. The highest BCUT2D eigenvalue weighted by atomic mass is 32.3. The number of aryl methyl sites for hydroxylation is 3. The van der Waals surface area contributed by atoms with Crippen molar-refractivity contribution in [3.8, 4) is 5.69 Å². The molecule has 0 radical (unpaired) electrons. The molecule has 0 saturated heterocycles. The minimum atomic E-state index is -3.57. The molecule has 2 aromatic rings. The average molecular weight is 456 g/mol. The third kappa shape index (κ3) is 3.55. The van der Waals surface area contributed by atoms with Gasteiger partial charge in [0.15, 0.2) is 5.84 Å². The number of nitrogens with one attached hydrogen (secondary N) is 1. The molecule has 2 aliphatic heterocycles. The number of sulfone groups is 1. The Labute approximate surface area is 184 Å². The molecule has 8 nitrogen and oxygen atoms in total. The van der Waals surface area contributed by atoms with Crippen molar-refractivity contribution in [2.75, 3.05) is 6.26 Å². The molecule has 1 N–H and O–H groups in total. The highest BCUT2D eigenvalue weighted by molar-refractivity contribution is 8.42. The second-order valence-electron chi connectivity index (χ2n) is 7.56. The van der Waals surface area contributed by atoms with Crippen LogP contribution >= 0.6 is 11.8 Å². The largest absolute Gasteiger partial charge is 0.317 e. The molecule has 1 aromatic carbocycles. The molecule has 0 saturated carbocycles. The zero-order chi connectivity index (χ0) is 22.7. The number of benzene rings is 1. The highest BCUT2D eigenvalue weighted by Gasteiger charge is 2.38. The number of amidine groups is 2. The predicted octanol–water partition coefficient (Wildman–Crippen LogP) is 3.33. The quantitative estimate of drug-likeness (QED) is 0.699. The number of fused-ring (bicyclic) bond motifs is 1. The number of aromatic nitrogens is 1. The fourth-order valence-corrected chi connectivity index (χ4v) is 5.40. The Bertz CT molecular complexity index is 1340. The number of carbonyl (C=O) groups excluding carboxylic acids is 1. The Morgan fingerprint density at radius 1 is 1.13 bits per heavy atom. The van der Waals surface area contributed by atoms with Crippen molar-refractivity contribution in [1.29, 1.82) is 5.41 Å². The van der Waals surface area contributed by atoms with Gasteiger partial charge in [0.05, 0.1) is 11.3 Å². The third-order valence-electron chi connectivity index (χ3n) is 5.19. The molecular weight excluding hydrogens is 434 g/mol. The molecule has 160 valence electrons. The first kappa shape index (κ1) is 21.3. The fraction of sp³-hybridized carbons (Fsp3) is 0.238. The van der Waals surface area contributed by atoms with Gasteiger partial charge in [-0.15, -0.1) is 5.10 Å². The summed E-state index contributed by atoms with van der Waals surface area (Å²) in [5.41, 5.74) is 6.12. The molecule has 0 atom stereocenters. The minimum Gasteiger partial charge on any atom is -0.317 e. The number of hydrogen-bond acceptors (Lipinski definition) is 6. The summed E-state index contributed by atoms with van der Waals surface area (Å²) in [6.45, 7) is 8.06. The molecule has 0 fully saturated rings. The average Bonchev–Trinajstić information content (AvgIpc) is 3.21. The Hall–Kier alpha value is -2.98. The van der Waals surface area contributed by atoms with Crippen molar-refractivity contribution >= 4 is 49.0 Å². The van der Waals surface area contributed by atoms with E-state index in [0.717, 1.165) is 56.8 Å². The lowest BCUT2D eigenvalue weighted by atomic mass is 10.1. The molecule has 31 heavy (non-hydrogen) atoms. The van der Waals surface area contributed by atoms with Gasteiger partial charge in [0.1, 0.15) is 0 Å². The lowest BCUT2D eigenvalue weighted by Gasteiger charge is -2.20. The molecule has 1 aromatic heterocycles. The number of thioether (sulfide) groups is 1. The molecule has 1 amide bonds. The smallest absolute Gasteiger partial charge is 0.283 e. The van der Waals surface area contributed by atoms with Gasteiger partial charge < -0.3 is 4.57 Å². The van der Waals surface area contributed by atoms with Crippen LogP contribution in [0.2, 0.25) is 0 Å². The number of carbonyl (C=O) groups is 1. The standard InChI is InChI=1S/C21H21N5O3S2/c1-11-7-6-8-12(2)17(11)25-13(3)9-15(14(25)4)10-16-18(22)26-20(23-19(16)27)30-21(24-26)31(5,28)29/h6-10,22H,1-5H3/b16-10+,22-18?. The van der Waals surface area contributed by atoms with E-state index in [1.807, 2.05) is 26.0 Å². The molecule has 3 heterocycles. The summed E-state index contributed by atoms with van der Waals surface area (Å²) in [4.78, 5) is 16.6. The second kappa shape index (κ2) is 7.31. The van der Waals surface area contributed by atoms with Crippen molar-refractivity contribution in [2.24, 2.45) is 10.1 Å². The number of para-hydroxylation sites is 1. The monoisotopic (exact) mass is 455 g/mol. The maximum absolute atomic E-state index is 12.6. The van der Waals surface area contributed by atoms with Crippen LogP contribution in [0.15, 0.2) is 39.9 Å². The van der Waals surface area contributed by atoms with Gasteiger partial charge in [0.25, 0.3) is 5.91 Å². The van der Waals surface area contributed by atoms with Crippen LogP contribution in [-0.2, 0) is 14.6 Å². The normalized spacial score (nSPS) is 17.8. The minimum absolute atomic E-state index is 0.0598. The lowest BCUT2D eigenvalue weighted by Crippen LogP contribution is -2.35. The maximum Gasteiger partial charge on any atom is 0.283 e. The van der Waals surface area contributed by atoms with Crippen LogP contribution < -0.4 is 0 Å². The van der Waals surface area contributed by atoms with Gasteiger partial charge >= 0.3 is 0 Å². The number of aliphatic imine (C=N–C) groups is 1. The molecule has 4 rings (SSSR count). The zero-order valence-corrected chi connectivity index (χ0v) is 19.3. The van der Waals surface area contributed by atoms with E-state index >= 15 is 0 Å². The molecule has 0 spiro atoms. The number of hydrogen-bond donors (Lipinski definition) is 1. The van der Waals surface area contributed by atoms with Crippen molar-refractivity contribution in [1.82, 2.24) is 9.58 Å². The van der Waals surface area contributed by atoms with Crippen molar-refractivity contribution < 1.29 is 13.2 Å². The number of nitrogens with zero attached hydrogens (tertiary/aromatic N) is 4. The predicted molar refractivity (Wildman–Crippen MR) is 125 cm³/mol. The van der Waals surface area contributed by atoms with Gasteiger partial charge in [-0.25, -0.2) is 8.42 Å². The van der Waals surface area contributed by atoms with Crippen LogP contribution in [0.3, 0.4) is 0 Å². The molecule has 0 unspecified atom stereocenters. The summed E-state index contributed by atoms with van der Waals surface area (Å²) in [6.07, 6.45) is 2.65. The van der Waals surface area contributed by atoms with E-state index in [0.29, 0.717) is 0 Å². The third-order valence-corrected chi connectivity index (χ3v) is 7.76. The van der Waals surface area contributed by atoms with Gasteiger partial charge in [0, 0.05) is 17.6 Å². The van der Waals surface area contributed by atoms with E-state index in [2.05, 4.69) is 40.6 Å². The lowest BCUT2D eigenvalue weighted by molar-refractivity contribution is -0.114. The summed E-state index contributed by atoms with van der Waals surface area (Å²) in [5, 5.41) is 13.6. The van der Waals surface area contributed by atoms with E-state index in [1.165, 1.54) is 0 Å². The highest BCUT2D eigenvalue weighted by Crippen LogP contribution is 2.31. The van der Waals surface area contributed by atoms with Gasteiger partial charge in [-0.05, 0) is 68.3 Å². The number of hydrazone groups is 1. The Morgan fingerprint density at radius 2 is 1.77 bits per heavy atom. The summed E-state index contributed by atoms with van der Waals surface area (Å²) >= 11 is 0.773. The van der Waals surface area contributed by atoms with E-state index in [-0.39, 0.29) is 21.0 Å². The van der Waals surface area contributed by atoms with E-state index in [4.69, 9.17) is 5.41 Å². The molecular formula is C21H21N5O3S2. The molecule has 0 aliphatic carbocycles. The first-order valence-electron chi connectivity index (χ1n) is 9.45. The summed E-state index contributed by atoms with van der Waals surface area (Å²) in [7, 11) is -3.57. The molecule has 2 aliphatic rings. The summed E-state index contributed by atoms with van der Waals surface area (Å²) < 4.78 is 25.6. The van der Waals surface area contributed by atoms with Crippen molar-refractivity contribution in [3.05, 3.63) is 57.9 Å². The Kier molecular flexibility index (Phi) is 5.01. The Balaban J connectivity index is 1.80. The van der Waals surface area contributed by atoms with Crippen LogP contribution in [0, 0.1) is 33.1 Å². The van der Waals surface area contributed by atoms with Gasteiger partial charge in [0.2, 0.25) is 19.4 Å². The topological polar surface area (TPSA) is 108 Å². The summed E-state index contributed by atoms with van der Waals surface area (Å²) in [6, 6.07) is 8.08. The first-order valence-corrected chi connectivity index (χ1v) is 12.2. The van der Waals surface area contributed by atoms with Gasteiger partial charge in [-0.1, -0.05) is 18.2 Å². The van der Waals surface area contributed by atoms with Crippen molar-refractivity contribution in [3.63, 3.8) is 0 Å². The van der Waals surface area contributed by atoms with E-state index in [1.54, 1.807) is 6.08 Å². The van der Waals surface area contributed by atoms with Crippen LogP contribution in [-0.4, -0.2) is 45.5 Å². The maximum atomic E-state index is 12.6. The summed E-state index contributed by atoms with van der Waals surface area (Å²) in [5.74, 6) is -0.788. The fourth-order valence-electron chi connectivity index (χ4n) is 3.72. The number of amides is 1. The van der Waals surface area contributed by atoms with Crippen LogP contribution in [0.5, 0.6) is 0 Å². The van der Waals surface area contributed by atoms with Gasteiger partial charge in [-0.3, -0.25) is 10.2 Å². The molecule has 10 heteroatoms. The molecule has 0 bridgehead atoms. The van der Waals surface area contributed by atoms with Crippen LogP contribution in [0.25, 0.3) is 11.8 Å².